The third-order valence-corrected chi connectivity index (χ3v) is 3.92. The van der Waals surface area contributed by atoms with Crippen molar-refractivity contribution in [2.45, 2.75) is 25.6 Å². The highest BCUT2D eigenvalue weighted by molar-refractivity contribution is 6.06. The minimum absolute atomic E-state index is 0.269. The second-order valence-electron chi connectivity index (χ2n) is 5.65. The van der Waals surface area contributed by atoms with Crippen LogP contribution < -0.4 is 4.74 Å². The van der Waals surface area contributed by atoms with Crippen LogP contribution in [0.2, 0.25) is 0 Å². The van der Waals surface area contributed by atoms with Crippen molar-refractivity contribution in [3.8, 4) is 5.75 Å². The van der Waals surface area contributed by atoms with Gasteiger partial charge in [-0.05, 0) is 66.3 Å². The highest BCUT2D eigenvalue weighted by atomic mass is 19.4. The van der Waals surface area contributed by atoms with E-state index in [1.165, 1.54) is 29.3 Å². The molecule has 3 rings (SSSR count). The summed E-state index contributed by atoms with van der Waals surface area (Å²) in [7, 11) is 0. The van der Waals surface area contributed by atoms with Gasteiger partial charge < -0.3 is 4.74 Å². The van der Waals surface area contributed by atoms with E-state index in [0.29, 0.717) is 5.56 Å². The molecule has 0 amide bonds. The van der Waals surface area contributed by atoms with Crippen LogP contribution in [-0.2, 0) is 12.8 Å². The van der Waals surface area contributed by atoms with E-state index >= 15 is 0 Å². The van der Waals surface area contributed by atoms with Gasteiger partial charge in [0, 0.05) is 5.56 Å². The Morgan fingerprint density at radius 2 is 1.71 bits per heavy atom. The third kappa shape index (κ3) is 4.04. The zero-order valence-corrected chi connectivity index (χ0v) is 12.8. The molecule has 2 nitrogen and oxygen atoms in total. The maximum Gasteiger partial charge on any atom is 0.573 e. The summed E-state index contributed by atoms with van der Waals surface area (Å²) in [5, 5.41) is 0. The van der Waals surface area contributed by atoms with Crippen LogP contribution >= 0.6 is 0 Å². The number of carbonyl (C=O) groups excluding carboxylic acids is 1. The number of hydrogen-bond acceptors (Lipinski definition) is 2. The lowest BCUT2D eigenvalue weighted by Gasteiger charge is -2.08. The molecule has 0 aliphatic heterocycles. The van der Waals surface area contributed by atoms with Crippen molar-refractivity contribution in [1.82, 2.24) is 0 Å². The molecule has 0 saturated heterocycles. The Hall–Kier alpha value is -2.56. The highest BCUT2D eigenvalue weighted by Gasteiger charge is 2.31. The van der Waals surface area contributed by atoms with Gasteiger partial charge in [-0.15, -0.1) is 13.2 Å². The zero-order valence-electron chi connectivity index (χ0n) is 12.8. The molecule has 5 heteroatoms. The fourth-order valence-corrected chi connectivity index (χ4v) is 2.78. The molecule has 124 valence electrons. The van der Waals surface area contributed by atoms with E-state index in [9.17, 15) is 18.0 Å². The van der Waals surface area contributed by atoms with Crippen LogP contribution in [0, 0.1) is 0 Å². The average molecular weight is 332 g/mol. The number of ketones is 1. The molecule has 0 radical (unpaired) electrons. The van der Waals surface area contributed by atoms with Gasteiger partial charge in [0.05, 0.1) is 0 Å². The molecule has 0 heterocycles. The standard InChI is InChI=1S/C19H15F3O2/c20-19(21,22)24-17-9-7-15(8-10-17)18(23)11-5-13-4-6-14-2-1-3-16(14)12-13/h4-12H,1-3H2/b11-5+. The molecule has 0 aromatic heterocycles. The van der Waals surface area contributed by atoms with Gasteiger partial charge in [-0.2, -0.15) is 0 Å². The second kappa shape index (κ2) is 6.51. The molecule has 0 unspecified atom stereocenters. The van der Waals surface area contributed by atoms with E-state index < -0.39 is 6.36 Å². The predicted molar refractivity (Wildman–Crippen MR) is 85.0 cm³/mol. The molecule has 0 N–H and O–H groups in total. The minimum Gasteiger partial charge on any atom is -0.406 e. The number of ether oxygens (including phenoxy) is 1. The van der Waals surface area contributed by atoms with E-state index in [-0.39, 0.29) is 11.5 Å². The molecule has 2 aromatic rings. The van der Waals surface area contributed by atoms with Crippen molar-refractivity contribution in [3.63, 3.8) is 0 Å². The summed E-state index contributed by atoms with van der Waals surface area (Å²) < 4.78 is 40.1. The Balaban J connectivity index is 1.68. The van der Waals surface area contributed by atoms with Gasteiger partial charge >= 0.3 is 6.36 Å². The zero-order chi connectivity index (χ0) is 17.2. The number of carbonyl (C=O) groups is 1. The highest BCUT2D eigenvalue weighted by Crippen LogP contribution is 2.24. The van der Waals surface area contributed by atoms with Gasteiger partial charge in [-0.25, -0.2) is 0 Å². The summed E-state index contributed by atoms with van der Waals surface area (Å²) in [5.74, 6) is -0.615. The van der Waals surface area contributed by atoms with Crippen molar-refractivity contribution in [2.24, 2.45) is 0 Å². The number of alkyl halides is 3. The van der Waals surface area contributed by atoms with Crippen molar-refractivity contribution < 1.29 is 22.7 Å². The first-order valence-corrected chi connectivity index (χ1v) is 7.61. The van der Waals surface area contributed by atoms with Gasteiger partial charge in [0.25, 0.3) is 0 Å². The second-order valence-corrected chi connectivity index (χ2v) is 5.65. The first-order chi connectivity index (χ1) is 11.4. The summed E-state index contributed by atoms with van der Waals surface area (Å²) in [4.78, 5) is 12.1. The predicted octanol–water partition coefficient (Wildman–Crippen LogP) is 4.97. The van der Waals surface area contributed by atoms with E-state index in [2.05, 4.69) is 16.9 Å². The van der Waals surface area contributed by atoms with Crippen molar-refractivity contribution >= 4 is 11.9 Å². The Bertz CT molecular complexity index is 774. The van der Waals surface area contributed by atoms with Gasteiger partial charge in [-0.3, -0.25) is 4.79 Å². The lowest BCUT2D eigenvalue weighted by Crippen LogP contribution is -2.17. The fraction of sp³-hybridized carbons (Fsp3) is 0.211. The van der Waals surface area contributed by atoms with Crippen LogP contribution in [0.15, 0.2) is 48.5 Å². The van der Waals surface area contributed by atoms with Gasteiger partial charge in [0.2, 0.25) is 0 Å². The number of fused-ring (bicyclic) bond motifs is 1. The molecule has 0 atom stereocenters. The van der Waals surface area contributed by atoms with Gasteiger partial charge in [0.15, 0.2) is 5.78 Å². The van der Waals surface area contributed by atoms with Crippen LogP contribution in [0.25, 0.3) is 6.08 Å². The molecule has 1 aliphatic rings. The number of halogens is 3. The van der Waals surface area contributed by atoms with Crippen molar-refractivity contribution in [1.29, 1.82) is 0 Å². The molecule has 0 spiro atoms. The fourth-order valence-electron chi connectivity index (χ4n) is 2.78. The largest absolute Gasteiger partial charge is 0.573 e. The first kappa shape index (κ1) is 16.3. The van der Waals surface area contributed by atoms with E-state index in [4.69, 9.17) is 0 Å². The molecule has 1 aliphatic carbocycles. The average Bonchev–Trinajstić information content (AvgIpc) is 2.99. The molecule has 0 fully saturated rings. The van der Waals surface area contributed by atoms with E-state index in [1.807, 2.05) is 6.07 Å². The molecule has 0 saturated carbocycles. The quantitative estimate of drug-likeness (QED) is 0.584. The number of rotatable bonds is 4. The summed E-state index contributed by atoms with van der Waals surface area (Å²) in [6.07, 6.45) is 1.74. The number of allylic oxidation sites excluding steroid dienone is 1. The van der Waals surface area contributed by atoms with Gasteiger partial charge in [-0.1, -0.05) is 24.3 Å². The normalized spacial score (nSPS) is 14.0. The van der Waals surface area contributed by atoms with E-state index in [0.717, 1.165) is 37.0 Å². The molecular weight excluding hydrogens is 317 g/mol. The first-order valence-electron chi connectivity index (χ1n) is 7.61. The maximum atomic E-state index is 12.1. The Morgan fingerprint density at radius 3 is 2.42 bits per heavy atom. The smallest absolute Gasteiger partial charge is 0.406 e. The number of aryl methyl sites for hydroxylation is 2. The molecule has 0 bridgehead atoms. The molecule has 2 aromatic carbocycles. The number of benzene rings is 2. The molecular formula is C19H15F3O2. The summed E-state index contributed by atoms with van der Waals surface area (Å²) in [6.45, 7) is 0. The summed E-state index contributed by atoms with van der Waals surface area (Å²) in [6, 6.07) is 11.0. The van der Waals surface area contributed by atoms with Crippen LogP contribution in [0.1, 0.15) is 33.5 Å². The molecule has 24 heavy (non-hydrogen) atoms. The van der Waals surface area contributed by atoms with Gasteiger partial charge in [0.1, 0.15) is 5.75 Å². The van der Waals surface area contributed by atoms with Crippen LogP contribution in [0.4, 0.5) is 13.2 Å². The summed E-state index contributed by atoms with van der Waals surface area (Å²) in [5.41, 5.74) is 3.93. The Morgan fingerprint density at radius 1 is 1.00 bits per heavy atom. The topological polar surface area (TPSA) is 26.3 Å². The van der Waals surface area contributed by atoms with Crippen LogP contribution in [0.5, 0.6) is 5.75 Å². The van der Waals surface area contributed by atoms with Crippen molar-refractivity contribution in [2.75, 3.05) is 0 Å². The number of hydrogen-bond donors (Lipinski definition) is 0. The van der Waals surface area contributed by atoms with Crippen LogP contribution in [0.3, 0.4) is 0 Å². The minimum atomic E-state index is -4.74. The van der Waals surface area contributed by atoms with Crippen molar-refractivity contribution in [3.05, 3.63) is 70.8 Å². The lowest BCUT2D eigenvalue weighted by atomic mass is 10.0. The Kier molecular flexibility index (Phi) is 4.42. The third-order valence-electron chi connectivity index (χ3n) is 3.92. The Labute approximate surface area is 137 Å². The lowest BCUT2D eigenvalue weighted by molar-refractivity contribution is -0.274. The monoisotopic (exact) mass is 332 g/mol. The van der Waals surface area contributed by atoms with Crippen LogP contribution in [-0.4, -0.2) is 12.1 Å². The van der Waals surface area contributed by atoms with E-state index in [1.54, 1.807) is 6.08 Å². The summed E-state index contributed by atoms with van der Waals surface area (Å²) >= 11 is 0. The maximum absolute atomic E-state index is 12.1. The SMILES string of the molecule is O=C(/C=C/c1ccc2c(c1)CCC2)c1ccc(OC(F)(F)F)cc1.